The fourth-order valence-electron chi connectivity index (χ4n) is 2.68. The summed E-state index contributed by atoms with van der Waals surface area (Å²) in [6.45, 7) is 4.46. The van der Waals surface area contributed by atoms with E-state index in [0.717, 1.165) is 37.4 Å². The number of benzene rings is 1. The smallest absolute Gasteiger partial charge is 0.153 e. The summed E-state index contributed by atoms with van der Waals surface area (Å²) in [7, 11) is 0. The predicted octanol–water partition coefficient (Wildman–Crippen LogP) is 3.09. The maximum Gasteiger partial charge on any atom is 0.153 e. The van der Waals surface area contributed by atoms with Crippen molar-refractivity contribution in [2.75, 3.05) is 29.9 Å². The van der Waals surface area contributed by atoms with Gasteiger partial charge in [-0.2, -0.15) is 5.26 Å². The Balaban J connectivity index is 1.84. The van der Waals surface area contributed by atoms with Crippen LogP contribution in [0.25, 0.3) is 0 Å². The molecule has 1 aromatic heterocycles. The van der Waals surface area contributed by atoms with Gasteiger partial charge in [-0.15, -0.1) is 0 Å². The fraction of sp³-hybridized carbons (Fsp3) is 0.353. The average Bonchev–Trinajstić information content (AvgIpc) is 3.11. The van der Waals surface area contributed by atoms with E-state index in [9.17, 15) is 5.26 Å². The summed E-state index contributed by atoms with van der Waals surface area (Å²) in [5, 5.41) is 12.7. The Kier molecular flexibility index (Phi) is 4.57. The average molecular weight is 309 g/mol. The standard InChI is InChI=1S/C17H19N5O/c1-2-23-14-7-5-13(6-8-14)21-16-15(11-18)17(20-12-19-16)22-9-3-4-10-22/h5-8,12H,2-4,9-10H2,1H3,(H,19,20,21). The Morgan fingerprint density at radius 1 is 1.22 bits per heavy atom. The third-order valence-corrected chi connectivity index (χ3v) is 3.77. The third kappa shape index (κ3) is 3.34. The number of nitrogens with one attached hydrogen (secondary N) is 1. The molecule has 1 aromatic carbocycles. The summed E-state index contributed by atoms with van der Waals surface area (Å²) in [6.07, 6.45) is 3.78. The van der Waals surface area contributed by atoms with E-state index in [1.807, 2.05) is 31.2 Å². The lowest BCUT2D eigenvalue weighted by Crippen LogP contribution is -2.21. The molecule has 0 radical (unpaired) electrons. The third-order valence-electron chi connectivity index (χ3n) is 3.77. The zero-order valence-corrected chi connectivity index (χ0v) is 13.1. The molecule has 2 heterocycles. The molecule has 6 nitrogen and oxygen atoms in total. The van der Waals surface area contributed by atoms with Crippen molar-refractivity contribution in [1.82, 2.24) is 9.97 Å². The molecule has 0 atom stereocenters. The number of nitriles is 1. The van der Waals surface area contributed by atoms with E-state index in [1.54, 1.807) is 0 Å². The summed E-state index contributed by atoms with van der Waals surface area (Å²) in [4.78, 5) is 10.7. The first kappa shape index (κ1) is 15.1. The van der Waals surface area contributed by atoms with E-state index < -0.39 is 0 Å². The second kappa shape index (κ2) is 6.97. The molecule has 0 aliphatic carbocycles. The van der Waals surface area contributed by atoms with Gasteiger partial charge in [0, 0.05) is 18.8 Å². The molecule has 0 amide bonds. The van der Waals surface area contributed by atoms with Gasteiger partial charge in [-0.3, -0.25) is 0 Å². The normalized spacial score (nSPS) is 13.7. The van der Waals surface area contributed by atoms with Crippen LogP contribution in [0.3, 0.4) is 0 Å². The Morgan fingerprint density at radius 2 is 1.96 bits per heavy atom. The van der Waals surface area contributed by atoms with Gasteiger partial charge < -0.3 is 15.0 Å². The van der Waals surface area contributed by atoms with Gasteiger partial charge in [-0.05, 0) is 44.0 Å². The zero-order valence-electron chi connectivity index (χ0n) is 13.1. The van der Waals surface area contributed by atoms with Crippen molar-refractivity contribution in [3.05, 3.63) is 36.2 Å². The molecule has 1 N–H and O–H groups in total. The largest absolute Gasteiger partial charge is 0.494 e. The molecule has 1 aliphatic heterocycles. The SMILES string of the molecule is CCOc1ccc(Nc2ncnc(N3CCCC3)c2C#N)cc1. The van der Waals surface area contributed by atoms with Gasteiger partial charge in [0.05, 0.1) is 6.61 Å². The lowest BCUT2D eigenvalue weighted by atomic mass is 10.2. The molecule has 23 heavy (non-hydrogen) atoms. The molecule has 1 fully saturated rings. The quantitative estimate of drug-likeness (QED) is 0.915. The first-order chi connectivity index (χ1) is 11.3. The number of hydrogen-bond acceptors (Lipinski definition) is 6. The van der Waals surface area contributed by atoms with Gasteiger partial charge in [0.15, 0.2) is 11.6 Å². The van der Waals surface area contributed by atoms with Gasteiger partial charge in [0.2, 0.25) is 0 Å². The molecule has 6 heteroatoms. The highest BCUT2D eigenvalue weighted by atomic mass is 16.5. The predicted molar refractivity (Wildman–Crippen MR) is 89.1 cm³/mol. The Bertz CT molecular complexity index is 702. The lowest BCUT2D eigenvalue weighted by Gasteiger charge is -2.18. The number of anilines is 3. The van der Waals surface area contributed by atoms with Crippen LogP contribution in [0.4, 0.5) is 17.3 Å². The van der Waals surface area contributed by atoms with Crippen molar-refractivity contribution in [2.24, 2.45) is 0 Å². The molecular weight excluding hydrogens is 290 g/mol. The minimum absolute atomic E-state index is 0.489. The number of nitrogens with zero attached hydrogens (tertiary/aromatic N) is 4. The summed E-state index contributed by atoms with van der Waals surface area (Å²) >= 11 is 0. The number of aromatic nitrogens is 2. The molecule has 2 aromatic rings. The van der Waals surface area contributed by atoms with E-state index in [0.29, 0.717) is 23.8 Å². The van der Waals surface area contributed by atoms with Crippen molar-refractivity contribution in [3.8, 4) is 11.8 Å². The topological polar surface area (TPSA) is 74.1 Å². The van der Waals surface area contributed by atoms with Crippen molar-refractivity contribution < 1.29 is 4.74 Å². The van der Waals surface area contributed by atoms with Crippen LogP contribution in [0, 0.1) is 11.3 Å². The fourth-order valence-corrected chi connectivity index (χ4v) is 2.68. The van der Waals surface area contributed by atoms with Crippen LogP contribution in [0.5, 0.6) is 5.75 Å². The van der Waals surface area contributed by atoms with Gasteiger partial charge in [-0.25, -0.2) is 9.97 Å². The minimum atomic E-state index is 0.489. The van der Waals surface area contributed by atoms with Crippen molar-refractivity contribution in [1.29, 1.82) is 5.26 Å². The second-order valence-corrected chi connectivity index (χ2v) is 5.31. The first-order valence-electron chi connectivity index (χ1n) is 7.81. The molecule has 1 saturated heterocycles. The van der Waals surface area contributed by atoms with Crippen LogP contribution in [0.2, 0.25) is 0 Å². The van der Waals surface area contributed by atoms with E-state index >= 15 is 0 Å². The van der Waals surface area contributed by atoms with E-state index in [1.165, 1.54) is 6.33 Å². The van der Waals surface area contributed by atoms with Crippen LogP contribution in [-0.2, 0) is 0 Å². The summed E-state index contributed by atoms with van der Waals surface area (Å²) in [6, 6.07) is 9.83. The molecule has 0 unspecified atom stereocenters. The maximum atomic E-state index is 9.54. The maximum absolute atomic E-state index is 9.54. The van der Waals surface area contributed by atoms with Gasteiger partial charge in [-0.1, -0.05) is 0 Å². The van der Waals surface area contributed by atoms with E-state index in [4.69, 9.17) is 4.74 Å². The highest BCUT2D eigenvalue weighted by molar-refractivity contribution is 5.70. The molecule has 1 aliphatic rings. The molecular formula is C17H19N5O. The monoisotopic (exact) mass is 309 g/mol. The van der Waals surface area contributed by atoms with Gasteiger partial charge >= 0.3 is 0 Å². The minimum Gasteiger partial charge on any atom is -0.494 e. The van der Waals surface area contributed by atoms with E-state index in [-0.39, 0.29) is 0 Å². The highest BCUT2D eigenvalue weighted by Crippen LogP contribution is 2.28. The van der Waals surface area contributed by atoms with Crippen molar-refractivity contribution in [2.45, 2.75) is 19.8 Å². The summed E-state index contributed by atoms with van der Waals surface area (Å²) in [5.41, 5.74) is 1.35. The molecule has 3 rings (SSSR count). The van der Waals surface area contributed by atoms with Crippen molar-refractivity contribution in [3.63, 3.8) is 0 Å². The van der Waals surface area contributed by atoms with Crippen LogP contribution < -0.4 is 15.0 Å². The van der Waals surface area contributed by atoms with Crippen LogP contribution >= 0.6 is 0 Å². The molecule has 0 bridgehead atoms. The van der Waals surface area contributed by atoms with Gasteiger partial charge in [0.1, 0.15) is 23.7 Å². The summed E-state index contributed by atoms with van der Waals surface area (Å²) < 4.78 is 5.43. The Morgan fingerprint density at radius 3 is 2.61 bits per heavy atom. The summed E-state index contributed by atoms with van der Waals surface area (Å²) in [5.74, 6) is 2.07. The zero-order chi connectivity index (χ0) is 16.1. The Labute approximate surface area is 135 Å². The van der Waals surface area contributed by atoms with Gasteiger partial charge in [0.25, 0.3) is 0 Å². The van der Waals surface area contributed by atoms with E-state index in [2.05, 4.69) is 26.3 Å². The van der Waals surface area contributed by atoms with Crippen LogP contribution in [0.1, 0.15) is 25.3 Å². The van der Waals surface area contributed by atoms with Crippen LogP contribution in [0.15, 0.2) is 30.6 Å². The second-order valence-electron chi connectivity index (χ2n) is 5.31. The molecule has 118 valence electrons. The van der Waals surface area contributed by atoms with Crippen molar-refractivity contribution >= 4 is 17.3 Å². The Hall–Kier alpha value is -2.81. The lowest BCUT2D eigenvalue weighted by molar-refractivity contribution is 0.340. The number of hydrogen-bond donors (Lipinski definition) is 1. The molecule has 0 saturated carbocycles. The first-order valence-corrected chi connectivity index (χ1v) is 7.81. The molecule has 0 spiro atoms. The highest BCUT2D eigenvalue weighted by Gasteiger charge is 2.20. The number of ether oxygens (including phenoxy) is 1. The van der Waals surface area contributed by atoms with Crippen LogP contribution in [-0.4, -0.2) is 29.7 Å². The number of rotatable bonds is 5.